The first-order chi connectivity index (χ1) is 9.24. The van der Waals surface area contributed by atoms with Crippen LogP contribution in [0.1, 0.15) is 24.2 Å². The third-order valence-corrected chi connectivity index (χ3v) is 2.78. The maximum Gasteiger partial charge on any atom is 0.216 e. The van der Waals surface area contributed by atoms with E-state index in [-0.39, 0.29) is 11.9 Å². The molecule has 0 saturated heterocycles. The predicted molar refractivity (Wildman–Crippen MR) is 70.5 cm³/mol. The zero-order chi connectivity index (χ0) is 13.7. The third-order valence-electron chi connectivity index (χ3n) is 2.78. The average Bonchev–Trinajstić information content (AvgIpc) is 2.46. The van der Waals surface area contributed by atoms with Gasteiger partial charge < -0.3 is 10.1 Å². The minimum atomic E-state index is -0.251. The van der Waals surface area contributed by atoms with Crippen LogP contribution in [0.4, 0.5) is 4.39 Å². The molecule has 4 nitrogen and oxygen atoms in total. The van der Waals surface area contributed by atoms with E-state index >= 15 is 0 Å². The summed E-state index contributed by atoms with van der Waals surface area (Å²) in [6, 6.07) is 8.05. The van der Waals surface area contributed by atoms with Crippen molar-refractivity contribution < 1.29 is 9.13 Å². The van der Waals surface area contributed by atoms with Gasteiger partial charge in [0.2, 0.25) is 5.88 Å². The second-order valence-corrected chi connectivity index (χ2v) is 4.03. The number of hydrogen-bond acceptors (Lipinski definition) is 4. The van der Waals surface area contributed by atoms with E-state index in [1.807, 2.05) is 6.92 Å². The summed E-state index contributed by atoms with van der Waals surface area (Å²) in [7, 11) is 1.56. The lowest BCUT2D eigenvalue weighted by Gasteiger charge is -2.18. The maximum absolute atomic E-state index is 13.0. The van der Waals surface area contributed by atoms with Gasteiger partial charge in [0.25, 0.3) is 0 Å². The van der Waals surface area contributed by atoms with Crippen LogP contribution in [0, 0.1) is 5.82 Å². The molecule has 1 unspecified atom stereocenters. The van der Waals surface area contributed by atoms with Crippen LogP contribution < -0.4 is 10.1 Å². The van der Waals surface area contributed by atoms with Crippen LogP contribution in [0.15, 0.2) is 36.7 Å². The summed E-state index contributed by atoms with van der Waals surface area (Å²) in [4.78, 5) is 8.24. The molecular formula is C14H16FN3O. The van der Waals surface area contributed by atoms with Crippen LogP contribution in [0.3, 0.4) is 0 Å². The molecule has 1 aromatic carbocycles. The van der Waals surface area contributed by atoms with Crippen molar-refractivity contribution in [3.05, 3.63) is 53.7 Å². The van der Waals surface area contributed by atoms with E-state index in [4.69, 9.17) is 4.74 Å². The van der Waals surface area contributed by atoms with Gasteiger partial charge in [-0.1, -0.05) is 19.1 Å². The highest BCUT2D eigenvalue weighted by Crippen LogP contribution is 2.22. The first-order valence-electron chi connectivity index (χ1n) is 6.09. The van der Waals surface area contributed by atoms with Gasteiger partial charge >= 0.3 is 0 Å². The molecular weight excluding hydrogens is 245 g/mol. The monoisotopic (exact) mass is 261 g/mol. The van der Waals surface area contributed by atoms with Crippen molar-refractivity contribution in [2.75, 3.05) is 13.7 Å². The molecule has 1 heterocycles. The highest BCUT2D eigenvalue weighted by Gasteiger charge is 2.15. The van der Waals surface area contributed by atoms with Gasteiger partial charge in [-0.2, -0.15) is 0 Å². The molecule has 0 amide bonds. The summed E-state index contributed by atoms with van der Waals surface area (Å²) in [5.74, 6) is 0.259. The third kappa shape index (κ3) is 3.26. The SMILES string of the molecule is CCNC(c1ccc(F)cc1)c1cc(OC)ncn1. The van der Waals surface area contributed by atoms with Crippen molar-refractivity contribution in [3.8, 4) is 5.88 Å². The number of hydrogen-bond donors (Lipinski definition) is 1. The first-order valence-corrected chi connectivity index (χ1v) is 6.09. The number of rotatable bonds is 5. The standard InChI is InChI=1S/C14H16FN3O/c1-3-16-14(10-4-6-11(15)7-5-10)12-8-13(19-2)18-9-17-12/h4-9,14,16H,3H2,1-2H3. The molecule has 0 aliphatic rings. The van der Waals surface area contributed by atoms with E-state index in [1.165, 1.54) is 18.5 Å². The minimum absolute atomic E-state index is 0.109. The Balaban J connectivity index is 2.35. The molecule has 2 aromatic rings. The molecule has 0 saturated carbocycles. The number of methoxy groups -OCH3 is 1. The van der Waals surface area contributed by atoms with Crippen molar-refractivity contribution in [2.45, 2.75) is 13.0 Å². The Kier molecular flexibility index (Phi) is 4.41. The van der Waals surface area contributed by atoms with Gasteiger partial charge in [-0.15, -0.1) is 0 Å². The zero-order valence-corrected chi connectivity index (χ0v) is 10.9. The van der Waals surface area contributed by atoms with E-state index < -0.39 is 0 Å². The number of nitrogens with one attached hydrogen (secondary N) is 1. The average molecular weight is 261 g/mol. The Hall–Kier alpha value is -2.01. The Morgan fingerprint density at radius 3 is 2.63 bits per heavy atom. The molecule has 2 rings (SSSR count). The second kappa shape index (κ2) is 6.24. The summed E-state index contributed by atoms with van der Waals surface area (Å²) < 4.78 is 18.1. The van der Waals surface area contributed by atoms with Crippen molar-refractivity contribution in [2.24, 2.45) is 0 Å². The Morgan fingerprint density at radius 2 is 2.00 bits per heavy atom. The van der Waals surface area contributed by atoms with Crippen LogP contribution in [-0.2, 0) is 0 Å². The predicted octanol–water partition coefficient (Wildman–Crippen LogP) is 2.32. The summed E-state index contributed by atoms with van der Waals surface area (Å²) in [5.41, 5.74) is 1.74. The lowest BCUT2D eigenvalue weighted by Crippen LogP contribution is -2.23. The molecule has 19 heavy (non-hydrogen) atoms. The fraction of sp³-hybridized carbons (Fsp3) is 0.286. The van der Waals surface area contributed by atoms with E-state index in [2.05, 4.69) is 15.3 Å². The molecule has 100 valence electrons. The van der Waals surface area contributed by atoms with Crippen LogP contribution in [0.25, 0.3) is 0 Å². The number of aromatic nitrogens is 2. The van der Waals surface area contributed by atoms with Gasteiger partial charge in [0.05, 0.1) is 18.8 Å². The molecule has 5 heteroatoms. The van der Waals surface area contributed by atoms with Gasteiger partial charge in [0.1, 0.15) is 12.1 Å². The number of halogens is 1. The molecule has 0 aliphatic carbocycles. The van der Waals surface area contributed by atoms with E-state index in [0.717, 1.165) is 17.8 Å². The Bertz CT molecular complexity index is 530. The number of nitrogens with zero attached hydrogens (tertiary/aromatic N) is 2. The van der Waals surface area contributed by atoms with Gasteiger partial charge in [-0.05, 0) is 24.2 Å². The van der Waals surface area contributed by atoms with Crippen molar-refractivity contribution in [1.82, 2.24) is 15.3 Å². The smallest absolute Gasteiger partial charge is 0.216 e. The second-order valence-electron chi connectivity index (χ2n) is 4.03. The minimum Gasteiger partial charge on any atom is -0.481 e. The van der Waals surface area contributed by atoms with Gasteiger partial charge in [0.15, 0.2) is 0 Å². The number of ether oxygens (including phenoxy) is 1. The fourth-order valence-electron chi connectivity index (χ4n) is 1.88. The van der Waals surface area contributed by atoms with Gasteiger partial charge in [-0.3, -0.25) is 0 Å². The largest absolute Gasteiger partial charge is 0.481 e. The molecule has 1 N–H and O–H groups in total. The summed E-state index contributed by atoms with van der Waals surface area (Å²) in [6.07, 6.45) is 1.46. The van der Waals surface area contributed by atoms with Gasteiger partial charge in [0, 0.05) is 6.07 Å². The van der Waals surface area contributed by atoms with Crippen molar-refractivity contribution >= 4 is 0 Å². The maximum atomic E-state index is 13.0. The van der Waals surface area contributed by atoms with Crippen molar-refractivity contribution in [3.63, 3.8) is 0 Å². The molecule has 0 fully saturated rings. The molecule has 0 bridgehead atoms. The van der Waals surface area contributed by atoms with Crippen molar-refractivity contribution in [1.29, 1.82) is 0 Å². The van der Waals surface area contributed by atoms with E-state index in [9.17, 15) is 4.39 Å². The molecule has 0 radical (unpaired) electrons. The zero-order valence-electron chi connectivity index (χ0n) is 10.9. The molecule has 0 aliphatic heterocycles. The highest BCUT2D eigenvalue weighted by atomic mass is 19.1. The Labute approximate surface area is 111 Å². The summed E-state index contributed by atoms with van der Waals surface area (Å²) in [5, 5.41) is 3.32. The lowest BCUT2D eigenvalue weighted by molar-refractivity contribution is 0.395. The molecule has 1 aromatic heterocycles. The topological polar surface area (TPSA) is 47.0 Å². The quantitative estimate of drug-likeness (QED) is 0.897. The van der Waals surface area contributed by atoms with Gasteiger partial charge in [-0.25, -0.2) is 14.4 Å². The van der Waals surface area contributed by atoms with Crippen LogP contribution in [0.2, 0.25) is 0 Å². The molecule has 1 atom stereocenters. The lowest BCUT2D eigenvalue weighted by atomic mass is 10.0. The normalized spacial score (nSPS) is 12.2. The Morgan fingerprint density at radius 1 is 1.26 bits per heavy atom. The number of benzene rings is 1. The van der Waals surface area contributed by atoms with E-state index in [1.54, 1.807) is 25.3 Å². The summed E-state index contributed by atoms with van der Waals surface area (Å²) >= 11 is 0. The fourth-order valence-corrected chi connectivity index (χ4v) is 1.88. The highest BCUT2D eigenvalue weighted by molar-refractivity contribution is 5.29. The summed E-state index contributed by atoms with van der Waals surface area (Å²) in [6.45, 7) is 2.78. The van der Waals surface area contributed by atoms with Crippen LogP contribution in [0.5, 0.6) is 5.88 Å². The van der Waals surface area contributed by atoms with Crippen LogP contribution >= 0.6 is 0 Å². The molecule has 0 spiro atoms. The van der Waals surface area contributed by atoms with E-state index in [0.29, 0.717) is 5.88 Å². The van der Waals surface area contributed by atoms with Crippen LogP contribution in [-0.4, -0.2) is 23.6 Å². The first kappa shape index (κ1) is 13.4.